The fourth-order valence-corrected chi connectivity index (χ4v) is 9.17. The van der Waals surface area contributed by atoms with E-state index in [9.17, 15) is 0 Å². The smallest absolute Gasteiger partial charge is 0.161 e. The summed E-state index contributed by atoms with van der Waals surface area (Å²) in [6.07, 6.45) is 5.75. The molecule has 10 rings (SSSR count). The van der Waals surface area contributed by atoms with Crippen LogP contribution >= 0.6 is 0 Å². The van der Waals surface area contributed by atoms with E-state index in [1.165, 1.54) is 22.3 Å². The zero-order valence-corrected chi connectivity index (χ0v) is 37.4. The predicted octanol–water partition coefficient (Wildman–Crippen LogP) is 16.5. The number of hydrogen-bond donors (Lipinski definition) is 0. The molecular weight excluding hydrogens is 773 g/mol. The van der Waals surface area contributed by atoms with Gasteiger partial charge in [-0.1, -0.05) is 126 Å². The minimum Gasteiger partial charge on any atom is -0.456 e. The number of aromatic nitrogens is 2. The Morgan fingerprint density at radius 2 is 0.889 bits per heavy atom. The number of aryl methyl sites for hydroxylation is 2. The van der Waals surface area contributed by atoms with Gasteiger partial charge in [-0.3, -0.25) is 9.97 Å². The molecule has 10 aromatic rings. The maximum atomic E-state index is 7.11. The predicted molar refractivity (Wildman–Crippen MR) is 261 cm³/mol. The fraction of sp³-hybridized carbons (Fsp3) is 0.207. The Morgan fingerprint density at radius 3 is 1.30 bits per heavy atom. The summed E-state index contributed by atoms with van der Waals surface area (Å²) in [4.78, 5) is 9.86. The number of benzene rings is 6. The molecule has 0 unspecified atom stereocenters. The molecule has 0 aliphatic rings. The molecule has 4 heterocycles. The van der Waals surface area contributed by atoms with Gasteiger partial charge in [-0.25, -0.2) is 0 Å². The van der Waals surface area contributed by atoms with Crippen LogP contribution in [0.4, 0.5) is 0 Å². The van der Waals surface area contributed by atoms with Crippen molar-refractivity contribution in [2.24, 2.45) is 10.8 Å². The van der Waals surface area contributed by atoms with E-state index in [-0.39, 0.29) is 10.8 Å². The lowest BCUT2D eigenvalue weighted by molar-refractivity contribution is 0.411. The highest BCUT2D eigenvalue weighted by atomic mass is 16.5. The Hall–Kier alpha value is -6.98. The summed E-state index contributed by atoms with van der Waals surface area (Å²) in [6, 6.07) is 46.9. The lowest BCUT2D eigenvalue weighted by Crippen LogP contribution is -2.09. The SMILES string of the molecule is Cc1cc(CC(C)(C)C)ccc1-c1cc2ccnc(-c3cc(Oc4cc(-c5nccc6cc(-c7ccc(CC(C)(C)C)cc7C)oc56)cc5ccccc45)c4ccccc4c3)c2o1. The normalized spacial score (nSPS) is 12.3. The second kappa shape index (κ2) is 15.4. The fourth-order valence-electron chi connectivity index (χ4n) is 9.17. The van der Waals surface area contributed by atoms with Crippen LogP contribution in [0.15, 0.2) is 155 Å². The zero-order valence-electron chi connectivity index (χ0n) is 37.4. The second-order valence-corrected chi connectivity index (χ2v) is 19.6. The van der Waals surface area contributed by atoms with Crippen molar-refractivity contribution in [3.8, 4) is 56.7 Å². The van der Waals surface area contributed by atoms with Crippen molar-refractivity contribution in [2.45, 2.75) is 68.2 Å². The van der Waals surface area contributed by atoms with Gasteiger partial charge in [-0.2, -0.15) is 0 Å². The molecule has 6 aromatic carbocycles. The number of nitrogens with zero attached hydrogens (tertiary/aromatic N) is 2. The van der Waals surface area contributed by atoms with Crippen molar-refractivity contribution < 1.29 is 13.6 Å². The molecule has 0 saturated carbocycles. The third-order valence-electron chi connectivity index (χ3n) is 11.9. The molecule has 0 saturated heterocycles. The van der Waals surface area contributed by atoms with E-state index in [0.29, 0.717) is 0 Å². The second-order valence-electron chi connectivity index (χ2n) is 19.6. The van der Waals surface area contributed by atoms with Crippen LogP contribution in [0, 0.1) is 24.7 Å². The number of rotatable bonds is 8. The van der Waals surface area contributed by atoms with Gasteiger partial charge in [0.2, 0.25) is 0 Å². The molecule has 0 aliphatic heterocycles. The Kier molecular flexibility index (Phi) is 9.82. The van der Waals surface area contributed by atoms with Crippen LogP contribution in [-0.4, -0.2) is 9.97 Å². The summed E-state index contributed by atoms with van der Waals surface area (Å²) in [6.45, 7) is 18.0. The van der Waals surface area contributed by atoms with Crippen molar-refractivity contribution in [1.29, 1.82) is 0 Å². The molecule has 0 N–H and O–H groups in total. The molecule has 0 aliphatic carbocycles. The van der Waals surface area contributed by atoms with Gasteiger partial charge >= 0.3 is 0 Å². The van der Waals surface area contributed by atoms with E-state index in [2.05, 4.69) is 177 Å². The van der Waals surface area contributed by atoms with Gasteiger partial charge in [0.15, 0.2) is 11.2 Å². The van der Waals surface area contributed by atoms with E-state index in [1.54, 1.807) is 0 Å². The van der Waals surface area contributed by atoms with E-state index >= 15 is 0 Å². The summed E-state index contributed by atoms with van der Waals surface area (Å²) >= 11 is 0. The van der Waals surface area contributed by atoms with Crippen LogP contribution in [0.25, 0.3) is 88.6 Å². The number of fused-ring (bicyclic) bond motifs is 4. The standard InChI is InChI=1S/C58H52N2O3/c1-35-25-37(33-57(3,4)5)17-19-45(35)49-29-41-21-23-59-53(55(41)62-49)43-27-39-13-9-11-15-47(39)51(31-43)61-52-32-44(28-40-14-10-12-16-48(40)52)54-56-42(22-24-60-54)30-50(63-56)46-20-18-38(26-36(46)2)34-58(6,7)8/h9-32H,33-34H2,1-8H3. The van der Waals surface area contributed by atoms with Gasteiger partial charge in [-0.15, -0.1) is 0 Å². The number of ether oxygens (including phenoxy) is 1. The lowest BCUT2D eigenvalue weighted by Gasteiger charge is -2.18. The van der Waals surface area contributed by atoms with Gasteiger partial charge in [0.1, 0.15) is 34.4 Å². The Morgan fingerprint density at radius 1 is 0.460 bits per heavy atom. The van der Waals surface area contributed by atoms with Gasteiger partial charge < -0.3 is 13.6 Å². The molecule has 0 spiro atoms. The number of furan rings is 2. The van der Waals surface area contributed by atoms with Gasteiger partial charge in [-0.05, 0) is 119 Å². The lowest BCUT2D eigenvalue weighted by atomic mass is 9.87. The maximum absolute atomic E-state index is 7.11. The summed E-state index contributed by atoms with van der Waals surface area (Å²) in [7, 11) is 0. The van der Waals surface area contributed by atoms with Crippen molar-refractivity contribution >= 4 is 43.5 Å². The molecular formula is C58H52N2O3. The Labute approximate surface area is 369 Å². The summed E-state index contributed by atoms with van der Waals surface area (Å²) in [5.41, 5.74) is 12.5. The van der Waals surface area contributed by atoms with Crippen LogP contribution in [0.1, 0.15) is 63.8 Å². The van der Waals surface area contributed by atoms with Crippen molar-refractivity contribution in [2.75, 3.05) is 0 Å². The third-order valence-corrected chi connectivity index (χ3v) is 11.9. The van der Waals surface area contributed by atoms with E-state index in [4.69, 9.17) is 23.5 Å². The average molecular weight is 825 g/mol. The average Bonchev–Trinajstić information content (AvgIpc) is 3.87. The molecule has 0 atom stereocenters. The van der Waals surface area contributed by atoms with E-state index < -0.39 is 0 Å². The first kappa shape index (κ1) is 40.1. The monoisotopic (exact) mass is 824 g/mol. The molecule has 5 nitrogen and oxygen atoms in total. The molecule has 63 heavy (non-hydrogen) atoms. The minimum atomic E-state index is 0.210. The van der Waals surface area contributed by atoms with Gasteiger partial charge in [0.25, 0.3) is 0 Å². The van der Waals surface area contributed by atoms with Crippen molar-refractivity contribution in [3.05, 3.63) is 168 Å². The number of hydrogen-bond acceptors (Lipinski definition) is 5. The quantitative estimate of drug-likeness (QED) is 0.153. The van der Waals surface area contributed by atoms with E-state index in [1.807, 2.05) is 24.5 Å². The van der Waals surface area contributed by atoms with Crippen LogP contribution in [0.2, 0.25) is 0 Å². The van der Waals surface area contributed by atoms with Crippen LogP contribution in [-0.2, 0) is 12.8 Å². The third kappa shape index (κ3) is 8.00. The molecule has 0 fully saturated rings. The van der Waals surface area contributed by atoms with Crippen LogP contribution < -0.4 is 4.74 Å². The molecule has 4 aromatic heterocycles. The highest BCUT2D eigenvalue weighted by Crippen LogP contribution is 2.43. The summed E-state index contributed by atoms with van der Waals surface area (Å²) < 4.78 is 20.6. The van der Waals surface area contributed by atoms with E-state index in [0.717, 1.165) is 113 Å². The highest BCUT2D eigenvalue weighted by molar-refractivity contribution is 6.01. The molecule has 0 radical (unpaired) electrons. The first-order valence-electron chi connectivity index (χ1n) is 21.9. The van der Waals surface area contributed by atoms with Crippen molar-refractivity contribution in [1.82, 2.24) is 9.97 Å². The minimum absolute atomic E-state index is 0.210. The van der Waals surface area contributed by atoms with Crippen LogP contribution in [0.3, 0.4) is 0 Å². The zero-order chi connectivity index (χ0) is 43.6. The highest BCUT2D eigenvalue weighted by Gasteiger charge is 2.21. The topological polar surface area (TPSA) is 61.3 Å². The molecule has 0 amide bonds. The summed E-state index contributed by atoms with van der Waals surface area (Å²) in [5.74, 6) is 3.10. The molecule has 0 bridgehead atoms. The first-order valence-corrected chi connectivity index (χ1v) is 21.9. The van der Waals surface area contributed by atoms with Gasteiger partial charge in [0, 0.05) is 56.2 Å². The van der Waals surface area contributed by atoms with Crippen molar-refractivity contribution in [3.63, 3.8) is 0 Å². The summed E-state index contributed by atoms with van der Waals surface area (Å²) in [5, 5.41) is 6.06. The molecule has 5 heteroatoms. The largest absolute Gasteiger partial charge is 0.456 e. The number of pyridine rings is 2. The Bertz CT molecular complexity index is 3150. The maximum Gasteiger partial charge on any atom is 0.161 e. The molecule has 312 valence electrons. The first-order chi connectivity index (χ1) is 30.2. The Balaban J connectivity index is 1.05. The van der Waals surface area contributed by atoms with Crippen LogP contribution in [0.5, 0.6) is 11.5 Å². The van der Waals surface area contributed by atoms with Gasteiger partial charge in [0.05, 0.1) is 0 Å².